The Morgan fingerprint density at radius 3 is 2.44 bits per heavy atom. The maximum atomic E-state index is 12.4. The van der Waals surface area contributed by atoms with Gasteiger partial charge in [0.25, 0.3) is 0 Å². The second-order valence-corrected chi connectivity index (χ2v) is 6.32. The lowest BCUT2D eigenvalue weighted by atomic mass is 10.1. The number of nitrogens with two attached hydrogens (primary N) is 2. The smallest absolute Gasteiger partial charge is 0.358 e. The maximum absolute atomic E-state index is 12.4. The number of carbonyl (C=O) groups is 1. The fourth-order valence-corrected chi connectivity index (χ4v) is 2.60. The number of carbonyl (C=O) groups excluding carboxylic acids is 1. The van der Waals surface area contributed by atoms with E-state index >= 15 is 0 Å². The minimum absolute atomic E-state index is 0.0468. The van der Waals surface area contributed by atoms with E-state index in [4.69, 9.17) is 27.8 Å². The van der Waals surface area contributed by atoms with Crippen LogP contribution in [0.3, 0.4) is 0 Å². The van der Waals surface area contributed by atoms with Gasteiger partial charge in [-0.25, -0.2) is 9.78 Å². The summed E-state index contributed by atoms with van der Waals surface area (Å²) in [6, 6.07) is 9.24. The van der Waals surface area contributed by atoms with E-state index in [1.54, 1.807) is 6.07 Å². The van der Waals surface area contributed by atoms with Gasteiger partial charge in [-0.2, -0.15) is 0 Å². The average Bonchev–Trinajstić information content (AvgIpc) is 2.64. The van der Waals surface area contributed by atoms with Crippen LogP contribution < -0.4 is 11.5 Å². The lowest BCUT2D eigenvalue weighted by molar-refractivity contribution is 0.0427. The van der Waals surface area contributed by atoms with E-state index in [1.807, 2.05) is 24.3 Å². The number of benzene rings is 1. The minimum Gasteiger partial charge on any atom is -0.461 e. The zero-order chi connectivity index (χ0) is 18.4. The number of hydrogen-bond donors (Lipinski definition) is 2. The molecule has 2 rings (SSSR count). The zero-order valence-corrected chi connectivity index (χ0v) is 15.3. The van der Waals surface area contributed by atoms with Gasteiger partial charge in [0.15, 0.2) is 5.69 Å². The van der Waals surface area contributed by atoms with Gasteiger partial charge in [0, 0.05) is 12.1 Å². The van der Waals surface area contributed by atoms with Gasteiger partial charge in [0.2, 0.25) is 0 Å². The van der Waals surface area contributed by atoms with Crippen LogP contribution in [0.15, 0.2) is 30.3 Å². The highest BCUT2D eigenvalue weighted by Gasteiger charge is 2.19. The molecule has 0 radical (unpaired) electrons. The predicted octanol–water partition coefficient (Wildman–Crippen LogP) is 4.04. The first-order valence-corrected chi connectivity index (χ1v) is 8.80. The molecular weight excluding hydrogens is 338 g/mol. The standard InChI is InChI=1S/C19H24ClN3O2/c1-3-12(4-2)11-25-19(24)18-17(20)15(22)9-16(23-18)14-7-5-13(10-21)6-8-14/h5-9,12H,3-4,10-11,21H2,1-2H3,(H2,22,23). The Labute approximate surface area is 153 Å². The molecular formula is C19H24ClN3O2. The Morgan fingerprint density at radius 2 is 1.88 bits per heavy atom. The van der Waals surface area contributed by atoms with E-state index in [2.05, 4.69) is 18.8 Å². The van der Waals surface area contributed by atoms with Crippen LogP contribution in [0.5, 0.6) is 0 Å². The van der Waals surface area contributed by atoms with Crippen LogP contribution in [0.25, 0.3) is 11.3 Å². The van der Waals surface area contributed by atoms with Crippen molar-refractivity contribution in [3.05, 3.63) is 46.6 Å². The summed E-state index contributed by atoms with van der Waals surface area (Å²) in [5, 5.41) is 0.122. The van der Waals surface area contributed by atoms with Crippen molar-refractivity contribution in [2.75, 3.05) is 12.3 Å². The van der Waals surface area contributed by atoms with Gasteiger partial charge >= 0.3 is 5.97 Å². The van der Waals surface area contributed by atoms with E-state index < -0.39 is 5.97 Å². The number of esters is 1. The number of anilines is 1. The van der Waals surface area contributed by atoms with Crippen LogP contribution in [0.4, 0.5) is 5.69 Å². The van der Waals surface area contributed by atoms with Crippen molar-refractivity contribution in [3.8, 4) is 11.3 Å². The van der Waals surface area contributed by atoms with Crippen LogP contribution in [0, 0.1) is 5.92 Å². The summed E-state index contributed by atoms with van der Waals surface area (Å²) in [5.74, 6) is -0.226. The number of nitrogen functional groups attached to an aromatic ring is 1. The zero-order valence-electron chi connectivity index (χ0n) is 14.6. The average molecular weight is 362 g/mol. The van der Waals surface area contributed by atoms with Crippen molar-refractivity contribution in [2.45, 2.75) is 33.2 Å². The highest BCUT2D eigenvalue weighted by atomic mass is 35.5. The maximum Gasteiger partial charge on any atom is 0.358 e. The topological polar surface area (TPSA) is 91.2 Å². The van der Waals surface area contributed by atoms with E-state index in [-0.39, 0.29) is 10.7 Å². The Kier molecular flexibility index (Phi) is 6.79. The van der Waals surface area contributed by atoms with Gasteiger partial charge in [0.1, 0.15) is 0 Å². The second kappa shape index (κ2) is 8.83. The van der Waals surface area contributed by atoms with E-state index in [9.17, 15) is 4.79 Å². The molecule has 25 heavy (non-hydrogen) atoms. The minimum atomic E-state index is -0.552. The van der Waals surface area contributed by atoms with E-state index in [1.165, 1.54) is 0 Å². The molecule has 5 nitrogen and oxygen atoms in total. The SMILES string of the molecule is CCC(CC)COC(=O)c1nc(-c2ccc(CN)cc2)cc(N)c1Cl. The summed E-state index contributed by atoms with van der Waals surface area (Å²) in [6.45, 7) is 4.94. The summed E-state index contributed by atoms with van der Waals surface area (Å²) in [4.78, 5) is 16.8. The van der Waals surface area contributed by atoms with Crippen molar-refractivity contribution in [2.24, 2.45) is 11.7 Å². The van der Waals surface area contributed by atoms with Crippen LogP contribution >= 0.6 is 11.6 Å². The van der Waals surface area contributed by atoms with Gasteiger partial charge in [0.05, 0.1) is 23.0 Å². The van der Waals surface area contributed by atoms with Crippen molar-refractivity contribution in [3.63, 3.8) is 0 Å². The predicted molar refractivity (Wildman–Crippen MR) is 101 cm³/mol. The molecule has 0 saturated carbocycles. The molecule has 1 heterocycles. The Bertz CT molecular complexity index is 728. The lowest BCUT2D eigenvalue weighted by Gasteiger charge is -2.14. The molecule has 0 bridgehead atoms. The van der Waals surface area contributed by atoms with Crippen LogP contribution in [0.1, 0.15) is 42.7 Å². The first-order valence-electron chi connectivity index (χ1n) is 8.42. The molecule has 0 atom stereocenters. The first-order chi connectivity index (χ1) is 12.0. The highest BCUT2D eigenvalue weighted by Crippen LogP contribution is 2.29. The molecule has 1 aromatic carbocycles. The second-order valence-electron chi connectivity index (χ2n) is 5.94. The molecule has 0 aliphatic heterocycles. The molecule has 134 valence electrons. The Balaban J connectivity index is 2.28. The molecule has 6 heteroatoms. The molecule has 4 N–H and O–H groups in total. The molecule has 0 amide bonds. The molecule has 0 aliphatic carbocycles. The van der Waals surface area contributed by atoms with E-state index in [0.29, 0.717) is 30.5 Å². The van der Waals surface area contributed by atoms with Gasteiger partial charge in [-0.05, 0) is 17.5 Å². The number of halogens is 1. The number of pyridine rings is 1. The molecule has 0 aliphatic rings. The third kappa shape index (κ3) is 4.71. The summed E-state index contributed by atoms with van der Waals surface area (Å²) < 4.78 is 5.38. The van der Waals surface area contributed by atoms with E-state index in [0.717, 1.165) is 24.0 Å². The molecule has 0 saturated heterocycles. The summed E-state index contributed by atoms with van der Waals surface area (Å²) in [7, 11) is 0. The van der Waals surface area contributed by atoms with Crippen molar-refractivity contribution in [1.82, 2.24) is 4.98 Å². The molecule has 0 spiro atoms. The van der Waals surface area contributed by atoms with Gasteiger partial charge < -0.3 is 16.2 Å². The molecule has 2 aromatic rings. The van der Waals surface area contributed by atoms with Gasteiger partial charge in [-0.3, -0.25) is 0 Å². The van der Waals surface area contributed by atoms with Gasteiger partial charge in [-0.15, -0.1) is 0 Å². The Hall–Kier alpha value is -2.11. The first kappa shape index (κ1) is 19.2. The quantitative estimate of drug-likeness (QED) is 0.726. The monoisotopic (exact) mass is 361 g/mol. The fourth-order valence-electron chi connectivity index (χ4n) is 2.43. The fraction of sp³-hybridized carbons (Fsp3) is 0.368. The summed E-state index contributed by atoms with van der Waals surface area (Å²) in [5.41, 5.74) is 14.3. The summed E-state index contributed by atoms with van der Waals surface area (Å²) in [6.07, 6.45) is 1.89. The molecule has 0 fully saturated rings. The largest absolute Gasteiger partial charge is 0.461 e. The Morgan fingerprint density at radius 1 is 1.24 bits per heavy atom. The normalized spacial score (nSPS) is 10.9. The number of nitrogens with zero attached hydrogens (tertiary/aromatic N) is 1. The third-order valence-electron chi connectivity index (χ3n) is 4.27. The van der Waals surface area contributed by atoms with Crippen LogP contribution in [-0.2, 0) is 11.3 Å². The summed E-state index contributed by atoms with van der Waals surface area (Å²) >= 11 is 6.17. The number of hydrogen-bond acceptors (Lipinski definition) is 5. The molecule has 0 unspecified atom stereocenters. The molecule has 1 aromatic heterocycles. The third-order valence-corrected chi connectivity index (χ3v) is 4.67. The van der Waals surface area contributed by atoms with Crippen LogP contribution in [0.2, 0.25) is 5.02 Å². The number of ether oxygens (including phenoxy) is 1. The highest BCUT2D eigenvalue weighted by molar-refractivity contribution is 6.35. The number of rotatable bonds is 7. The van der Waals surface area contributed by atoms with Crippen LogP contribution in [-0.4, -0.2) is 17.6 Å². The van der Waals surface area contributed by atoms with Crippen molar-refractivity contribution < 1.29 is 9.53 Å². The lowest BCUT2D eigenvalue weighted by Crippen LogP contribution is -2.15. The number of aromatic nitrogens is 1. The van der Waals surface area contributed by atoms with Crippen molar-refractivity contribution >= 4 is 23.3 Å². The van der Waals surface area contributed by atoms with Gasteiger partial charge in [-0.1, -0.05) is 62.6 Å². The van der Waals surface area contributed by atoms with Crippen molar-refractivity contribution in [1.29, 1.82) is 0 Å².